The van der Waals surface area contributed by atoms with E-state index in [2.05, 4.69) is 15.6 Å². The van der Waals surface area contributed by atoms with Crippen LogP contribution in [0.25, 0.3) is 0 Å². The fourth-order valence-corrected chi connectivity index (χ4v) is 1.87. The van der Waals surface area contributed by atoms with Crippen molar-refractivity contribution < 1.29 is 14.6 Å². The van der Waals surface area contributed by atoms with Crippen LogP contribution < -0.4 is 15.4 Å². The van der Waals surface area contributed by atoms with Gasteiger partial charge in [-0.25, -0.2) is 4.99 Å². The van der Waals surface area contributed by atoms with Gasteiger partial charge in [0, 0.05) is 26.3 Å². The van der Waals surface area contributed by atoms with Crippen LogP contribution in [-0.4, -0.2) is 44.5 Å². The highest BCUT2D eigenvalue weighted by Crippen LogP contribution is 2.26. The molecule has 6 heteroatoms. The second-order valence-corrected chi connectivity index (χ2v) is 4.68. The highest BCUT2D eigenvalue weighted by molar-refractivity contribution is 5.79. The summed E-state index contributed by atoms with van der Waals surface area (Å²) in [6.45, 7) is 7.59. The molecule has 0 bridgehead atoms. The maximum absolute atomic E-state index is 9.77. The summed E-state index contributed by atoms with van der Waals surface area (Å²) in [6, 6.07) is 5.30. The summed E-state index contributed by atoms with van der Waals surface area (Å²) in [5.41, 5.74) is 0.921. The first kappa shape index (κ1) is 18.1. The first-order valence-corrected chi connectivity index (χ1v) is 7.67. The molecule has 0 spiro atoms. The number of ether oxygens (including phenoxy) is 2. The zero-order chi connectivity index (χ0) is 16.2. The predicted octanol–water partition coefficient (Wildman–Crippen LogP) is 1.88. The molecular formula is C16H27N3O3. The molecule has 0 aliphatic rings. The summed E-state index contributed by atoms with van der Waals surface area (Å²) in [7, 11) is 1.53. The fraction of sp³-hybridized carbons (Fsp3) is 0.562. The lowest BCUT2D eigenvalue weighted by atomic mass is 10.2. The number of guanidine groups is 1. The molecule has 6 nitrogen and oxygen atoms in total. The van der Waals surface area contributed by atoms with Crippen molar-refractivity contribution in [2.75, 3.05) is 33.4 Å². The Morgan fingerprint density at radius 1 is 1.27 bits per heavy atom. The Bertz CT molecular complexity index is 464. The van der Waals surface area contributed by atoms with Crippen molar-refractivity contribution >= 4 is 5.96 Å². The highest BCUT2D eigenvalue weighted by atomic mass is 16.5. The van der Waals surface area contributed by atoms with Crippen LogP contribution in [0, 0.1) is 0 Å². The third kappa shape index (κ3) is 6.67. The Hall–Kier alpha value is -1.95. The number of hydrogen-bond acceptors (Lipinski definition) is 4. The van der Waals surface area contributed by atoms with Gasteiger partial charge in [0.05, 0.1) is 13.7 Å². The number of aromatic hydroxyl groups is 1. The molecule has 0 radical (unpaired) electrons. The standard InChI is InChI=1S/C16H27N3O3/c1-4-17-16(18-9-6-10-22-5-2)19-12-13-7-8-15(21-3)14(20)11-13/h7-8,11,20H,4-6,9-10,12H2,1-3H3,(H2,17,18,19). The lowest BCUT2D eigenvalue weighted by molar-refractivity contribution is 0.145. The van der Waals surface area contributed by atoms with Gasteiger partial charge in [-0.15, -0.1) is 0 Å². The zero-order valence-electron chi connectivity index (χ0n) is 13.7. The van der Waals surface area contributed by atoms with E-state index in [0.717, 1.165) is 44.2 Å². The second kappa shape index (κ2) is 10.7. The van der Waals surface area contributed by atoms with Crippen molar-refractivity contribution in [2.45, 2.75) is 26.8 Å². The molecular weight excluding hydrogens is 282 g/mol. The molecule has 1 rings (SSSR count). The lowest BCUT2D eigenvalue weighted by Crippen LogP contribution is -2.38. The number of nitrogens with zero attached hydrogens (tertiary/aromatic N) is 1. The number of nitrogens with one attached hydrogen (secondary N) is 2. The van der Waals surface area contributed by atoms with Crippen LogP contribution in [0.5, 0.6) is 11.5 Å². The number of hydrogen-bond donors (Lipinski definition) is 3. The summed E-state index contributed by atoms with van der Waals surface area (Å²) in [5.74, 6) is 1.35. The Morgan fingerprint density at radius 2 is 2.09 bits per heavy atom. The van der Waals surface area contributed by atoms with E-state index in [9.17, 15) is 5.11 Å². The topological polar surface area (TPSA) is 75.1 Å². The van der Waals surface area contributed by atoms with Crippen LogP contribution in [0.3, 0.4) is 0 Å². The maximum Gasteiger partial charge on any atom is 0.191 e. The SMILES string of the molecule is CCNC(=NCc1ccc(OC)c(O)c1)NCCCOCC. The molecule has 0 aromatic heterocycles. The summed E-state index contributed by atoms with van der Waals surface area (Å²) < 4.78 is 10.3. The zero-order valence-corrected chi connectivity index (χ0v) is 13.7. The van der Waals surface area contributed by atoms with Crippen molar-refractivity contribution in [2.24, 2.45) is 4.99 Å². The number of phenolic OH excluding ortho intramolecular Hbond substituents is 1. The molecule has 0 aliphatic heterocycles. The minimum absolute atomic E-state index is 0.130. The van der Waals surface area contributed by atoms with Crippen LogP contribution in [-0.2, 0) is 11.3 Å². The second-order valence-electron chi connectivity index (χ2n) is 4.68. The van der Waals surface area contributed by atoms with Crippen LogP contribution in [0.2, 0.25) is 0 Å². The number of rotatable bonds is 9. The third-order valence-electron chi connectivity index (χ3n) is 2.97. The van der Waals surface area contributed by atoms with Gasteiger partial charge in [-0.05, 0) is 38.0 Å². The molecule has 0 atom stereocenters. The minimum Gasteiger partial charge on any atom is -0.504 e. The van der Waals surface area contributed by atoms with Crippen LogP contribution >= 0.6 is 0 Å². The summed E-state index contributed by atoms with van der Waals surface area (Å²) in [5, 5.41) is 16.2. The highest BCUT2D eigenvalue weighted by Gasteiger charge is 2.03. The first-order valence-electron chi connectivity index (χ1n) is 7.67. The number of benzene rings is 1. The summed E-state index contributed by atoms with van der Waals surface area (Å²) >= 11 is 0. The van der Waals surface area contributed by atoms with Crippen molar-refractivity contribution in [1.82, 2.24) is 10.6 Å². The van der Waals surface area contributed by atoms with Crippen molar-refractivity contribution in [3.05, 3.63) is 23.8 Å². The van der Waals surface area contributed by atoms with Gasteiger partial charge in [-0.1, -0.05) is 6.07 Å². The number of phenols is 1. The Morgan fingerprint density at radius 3 is 2.73 bits per heavy atom. The van der Waals surface area contributed by atoms with Crippen LogP contribution in [0.1, 0.15) is 25.8 Å². The monoisotopic (exact) mass is 309 g/mol. The van der Waals surface area contributed by atoms with E-state index in [0.29, 0.717) is 12.3 Å². The quantitative estimate of drug-likeness (QED) is 0.369. The van der Waals surface area contributed by atoms with Gasteiger partial charge in [0.2, 0.25) is 0 Å². The molecule has 124 valence electrons. The molecule has 0 fully saturated rings. The summed E-state index contributed by atoms with van der Waals surface area (Å²) in [4.78, 5) is 4.50. The van der Waals surface area contributed by atoms with Crippen molar-refractivity contribution in [3.63, 3.8) is 0 Å². The molecule has 1 aromatic rings. The Kier molecular flexibility index (Phi) is 8.83. The molecule has 22 heavy (non-hydrogen) atoms. The molecule has 0 heterocycles. The molecule has 1 aromatic carbocycles. The van der Waals surface area contributed by atoms with E-state index < -0.39 is 0 Å². The van der Waals surface area contributed by atoms with Gasteiger partial charge in [-0.2, -0.15) is 0 Å². The van der Waals surface area contributed by atoms with Crippen molar-refractivity contribution in [1.29, 1.82) is 0 Å². The molecule has 3 N–H and O–H groups in total. The molecule has 0 amide bonds. The molecule has 0 aliphatic carbocycles. The smallest absolute Gasteiger partial charge is 0.191 e. The van der Waals surface area contributed by atoms with Gasteiger partial charge in [0.1, 0.15) is 0 Å². The van der Waals surface area contributed by atoms with E-state index in [4.69, 9.17) is 9.47 Å². The van der Waals surface area contributed by atoms with Gasteiger partial charge >= 0.3 is 0 Å². The largest absolute Gasteiger partial charge is 0.504 e. The fourth-order valence-electron chi connectivity index (χ4n) is 1.87. The van der Waals surface area contributed by atoms with Crippen LogP contribution in [0.4, 0.5) is 0 Å². The van der Waals surface area contributed by atoms with Gasteiger partial charge in [-0.3, -0.25) is 0 Å². The first-order chi connectivity index (χ1) is 10.7. The molecule has 0 unspecified atom stereocenters. The van der Waals surface area contributed by atoms with Crippen LogP contribution in [0.15, 0.2) is 23.2 Å². The van der Waals surface area contributed by atoms with E-state index in [1.54, 1.807) is 12.1 Å². The minimum atomic E-state index is 0.130. The average molecular weight is 309 g/mol. The summed E-state index contributed by atoms with van der Waals surface area (Å²) in [6.07, 6.45) is 0.932. The maximum atomic E-state index is 9.77. The normalized spacial score (nSPS) is 11.3. The van der Waals surface area contributed by atoms with E-state index in [-0.39, 0.29) is 5.75 Å². The Balaban J connectivity index is 2.52. The molecule has 0 saturated carbocycles. The van der Waals surface area contributed by atoms with E-state index in [1.807, 2.05) is 19.9 Å². The average Bonchev–Trinajstić information content (AvgIpc) is 2.52. The number of methoxy groups -OCH3 is 1. The van der Waals surface area contributed by atoms with Crippen molar-refractivity contribution in [3.8, 4) is 11.5 Å². The van der Waals surface area contributed by atoms with Gasteiger partial charge in [0.15, 0.2) is 17.5 Å². The van der Waals surface area contributed by atoms with E-state index in [1.165, 1.54) is 7.11 Å². The number of aliphatic imine (C=N–C) groups is 1. The predicted molar refractivity (Wildman–Crippen MR) is 88.6 cm³/mol. The molecule has 0 saturated heterocycles. The van der Waals surface area contributed by atoms with Gasteiger partial charge < -0.3 is 25.2 Å². The third-order valence-corrected chi connectivity index (χ3v) is 2.97. The lowest BCUT2D eigenvalue weighted by Gasteiger charge is -2.11. The Labute approximate surface area is 132 Å². The van der Waals surface area contributed by atoms with Gasteiger partial charge in [0.25, 0.3) is 0 Å². The van der Waals surface area contributed by atoms with E-state index >= 15 is 0 Å².